The number of carbonyl (C=O) groups is 2. The van der Waals surface area contributed by atoms with Crippen LogP contribution in [-0.2, 0) is 4.79 Å². The molecule has 1 saturated heterocycles. The molecule has 0 bridgehead atoms. The van der Waals surface area contributed by atoms with E-state index in [-0.39, 0.29) is 18.0 Å². The predicted molar refractivity (Wildman–Crippen MR) is 69.2 cm³/mol. The maximum absolute atomic E-state index is 11.9. The second-order valence-electron chi connectivity index (χ2n) is 5.61. The molecule has 0 aromatic heterocycles. The number of carbonyl (C=O) groups excluding carboxylic acids is 2. The fraction of sp³-hybridized carbons (Fsp3) is 0.846. The van der Waals surface area contributed by atoms with Crippen LogP contribution in [-0.4, -0.2) is 55.0 Å². The molecule has 1 N–H and O–H groups in total. The van der Waals surface area contributed by atoms with Gasteiger partial charge in [0.15, 0.2) is 0 Å². The molecule has 1 saturated carbocycles. The van der Waals surface area contributed by atoms with Crippen molar-refractivity contribution in [2.45, 2.75) is 38.1 Å². The number of piperidine rings is 1. The van der Waals surface area contributed by atoms with Gasteiger partial charge in [0.05, 0.1) is 0 Å². The van der Waals surface area contributed by atoms with E-state index in [9.17, 15) is 9.59 Å². The van der Waals surface area contributed by atoms with Crippen LogP contribution in [0.25, 0.3) is 0 Å². The number of rotatable bonds is 4. The van der Waals surface area contributed by atoms with E-state index in [1.165, 1.54) is 12.8 Å². The molecule has 0 aromatic carbocycles. The minimum absolute atomic E-state index is 0.0107. The average Bonchev–Trinajstić information content (AvgIpc) is 3.14. The summed E-state index contributed by atoms with van der Waals surface area (Å²) < 4.78 is 0. The van der Waals surface area contributed by atoms with Crippen molar-refractivity contribution in [1.82, 2.24) is 15.1 Å². The molecule has 1 unspecified atom stereocenters. The third-order valence-electron chi connectivity index (χ3n) is 3.87. The van der Waals surface area contributed by atoms with Gasteiger partial charge in [-0.15, -0.1) is 0 Å². The molecule has 3 amide bonds. The number of urea groups is 1. The number of likely N-dealkylation sites (N-methyl/N-ethyl adjacent to an activating group) is 1. The lowest BCUT2D eigenvalue weighted by molar-refractivity contribution is -0.132. The minimum atomic E-state index is -0.0107. The van der Waals surface area contributed by atoms with E-state index >= 15 is 0 Å². The van der Waals surface area contributed by atoms with E-state index in [2.05, 4.69) is 5.32 Å². The lowest BCUT2D eigenvalue weighted by Crippen LogP contribution is -2.51. The zero-order valence-electron chi connectivity index (χ0n) is 11.3. The van der Waals surface area contributed by atoms with Crippen LogP contribution < -0.4 is 5.32 Å². The third-order valence-corrected chi connectivity index (χ3v) is 3.87. The van der Waals surface area contributed by atoms with Crippen molar-refractivity contribution in [1.29, 1.82) is 0 Å². The van der Waals surface area contributed by atoms with Gasteiger partial charge >= 0.3 is 6.03 Å². The first-order valence-electron chi connectivity index (χ1n) is 6.82. The van der Waals surface area contributed by atoms with Crippen LogP contribution in [0.5, 0.6) is 0 Å². The lowest BCUT2D eigenvalue weighted by Gasteiger charge is -2.31. The number of hydrogen-bond acceptors (Lipinski definition) is 2. The fourth-order valence-electron chi connectivity index (χ4n) is 2.30. The second kappa shape index (κ2) is 5.59. The summed E-state index contributed by atoms with van der Waals surface area (Å²) in [6.45, 7) is 1.46. The van der Waals surface area contributed by atoms with Crippen LogP contribution in [0.15, 0.2) is 0 Å². The largest absolute Gasteiger partial charge is 0.344 e. The summed E-state index contributed by atoms with van der Waals surface area (Å²) in [5.41, 5.74) is 0. The summed E-state index contributed by atoms with van der Waals surface area (Å²) in [5.74, 6) is 1.02. The van der Waals surface area contributed by atoms with Crippen LogP contribution in [0, 0.1) is 5.92 Å². The van der Waals surface area contributed by atoms with Gasteiger partial charge in [0.25, 0.3) is 0 Å². The Morgan fingerprint density at radius 3 is 2.78 bits per heavy atom. The molecular formula is C13H23N3O2. The molecular weight excluding hydrogens is 230 g/mol. The molecule has 1 heterocycles. The molecule has 102 valence electrons. The first-order valence-corrected chi connectivity index (χ1v) is 6.82. The second-order valence-corrected chi connectivity index (χ2v) is 5.61. The maximum Gasteiger partial charge on any atom is 0.317 e. The van der Waals surface area contributed by atoms with E-state index in [1.54, 1.807) is 16.8 Å². The standard InChI is InChI=1S/C13H23N3O2/c1-15(8-7-10-3-4-10)13(18)14-11-5-6-12(17)16(2)9-11/h10-11H,3-9H2,1-2H3,(H,14,18). The highest BCUT2D eigenvalue weighted by Gasteiger charge is 2.26. The van der Waals surface area contributed by atoms with Crippen LogP contribution in [0.2, 0.25) is 0 Å². The van der Waals surface area contributed by atoms with Gasteiger partial charge in [-0.3, -0.25) is 4.79 Å². The summed E-state index contributed by atoms with van der Waals surface area (Å²) in [6, 6.07) is 0.0898. The van der Waals surface area contributed by atoms with Crippen molar-refractivity contribution >= 4 is 11.9 Å². The zero-order valence-corrected chi connectivity index (χ0v) is 11.3. The molecule has 2 fully saturated rings. The number of nitrogens with one attached hydrogen (secondary N) is 1. The zero-order chi connectivity index (χ0) is 13.1. The van der Waals surface area contributed by atoms with Crippen LogP contribution in [0.4, 0.5) is 4.79 Å². The Hall–Kier alpha value is -1.26. The molecule has 5 heteroatoms. The van der Waals surface area contributed by atoms with Gasteiger partial charge in [0.2, 0.25) is 5.91 Å². The summed E-state index contributed by atoms with van der Waals surface area (Å²) in [4.78, 5) is 26.7. The van der Waals surface area contributed by atoms with Gasteiger partial charge in [-0.1, -0.05) is 12.8 Å². The number of likely N-dealkylation sites (tertiary alicyclic amines) is 1. The van der Waals surface area contributed by atoms with Gasteiger partial charge in [-0.05, 0) is 18.8 Å². The first-order chi connectivity index (χ1) is 8.56. The molecule has 1 aliphatic carbocycles. The highest BCUT2D eigenvalue weighted by atomic mass is 16.2. The predicted octanol–water partition coefficient (Wildman–Crippen LogP) is 1.05. The lowest BCUT2D eigenvalue weighted by atomic mass is 10.1. The van der Waals surface area contributed by atoms with Crippen LogP contribution >= 0.6 is 0 Å². The molecule has 1 atom stereocenters. The maximum atomic E-state index is 11.9. The molecule has 5 nitrogen and oxygen atoms in total. The smallest absolute Gasteiger partial charge is 0.317 e. The Kier molecular flexibility index (Phi) is 4.09. The highest BCUT2D eigenvalue weighted by molar-refractivity contribution is 5.78. The average molecular weight is 253 g/mol. The fourth-order valence-corrected chi connectivity index (χ4v) is 2.30. The summed E-state index contributed by atoms with van der Waals surface area (Å²) in [6.07, 6.45) is 5.06. The molecule has 1 aliphatic heterocycles. The quantitative estimate of drug-likeness (QED) is 0.814. The Morgan fingerprint density at radius 1 is 1.44 bits per heavy atom. The van der Waals surface area contributed by atoms with Gasteiger partial charge in [-0.2, -0.15) is 0 Å². The number of hydrogen-bond donors (Lipinski definition) is 1. The van der Waals surface area contributed by atoms with Crippen molar-refractivity contribution < 1.29 is 9.59 Å². The SMILES string of the molecule is CN1CC(NC(=O)N(C)CCC2CC2)CCC1=O. The van der Waals surface area contributed by atoms with Gasteiger partial charge in [0, 0.05) is 39.6 Å². The van der Waals surface area contributed by atoms with Crippen LogP contribution in [0.3, 0.4) is 0 Å². The Morgan fingerprint density at radius 2 is 2.17 bits per heavy atom. The number of amides is 3. The van der Waals surface area contributed by atoms with Crippen molar-refractivity contribution in [2.24, 2.45) is 5.92 Å². The highest BCUT2D eigenvalue weighted by Crippen LogP contribution is 2.32. The summed E-state index contributed by atoms with van der Waals surface area (Å²) in [5, 5.41) is 3.01. The molecule has 2 aliphatic rings. The Labute approximate surface area is 108 Å². The Bertz CT molecular complexity index is 328. The topological polar surface area (TPSA) is 52.7 Å². The number of nitrogens with zero attached hydrogens (tertiary/aromatic N) is 2. The van der Waals surface area contributed by atoms with Crippen molar-refractivity contribution in [2.75, 3.05) is 27.2 Å². The van der Waals surface area contributed by atoms with E-state index in [0.29, 0.717) is 13.0 Å². The minimum Gasteiger partial charge on any atom is -0.344 e. The van der Waals surface area contributed by atoms with Crippen molar-refractivity contribution in [3.05, 3.63) is 0 Å². The molecule has 0 spiro atoms. The monoisotopic (exact) mass is 253 g/mol. The Balaban J connectivity index is 1.70. The van der Waals surface area contributed by atoms with Crippen molar-refractivity contribution in [3.63, 3.8) is 0 Å². The first kappa shape index (κ1) is 13.2. The van der Waals surface area contributed by atoms with Gasteiger partial charge < -0.3 is 15.1 Å². The molecule has 2 rings (SSSR count). The van der Waals surface area contributed by atoms with E-state index in [4.69, 9.17) is 0 Å². The van der Waals surface area contributed by atoms with Gasteiger partial charge in [-0.25, -0.2) is 4.79 Å². The van der Waals surface area contributed by atoms with Gasteiger partial charge in [0.1, 0.15) is 0 Å². The van der Waals surface area contributed by atoms with Crippen molar-refractivity contribution in [3.8, 4) is 0 Å². The van der Waals surface area contributed by atoms with E-state index in [0.717, 1.165) is 25.3 Å². The molecule has 0 aromatic rings. The third kappa shape index (κ3) is 3.62. The van der Waals surface area contributed by atoms with E-state index < -0.39 is 0 Å². The molecule has 0 radical (unpaired) electrons. The summed E-state index contributed by atoms with van der Waals surface area (Å²) >= 11 is 0. The van der Waals surface area contributed by atoms with E-state index in [1.807, 2.05) is 7.05 Å². The normalized spacial score (nSPS) is 24.0. The molecule has 18 heavy (non-hydrogen) atoms. The van der Waals surface area contributed by atoms with Crippen LogP contribution in [0.1, 0.15) is 32.1 Å². The summed E-state index contributed by atoms with van der Waals surface area (Å²) in [7, 11) is 3.63.